The van der Waals surface area contributed by atoms with Crippen molar-refractivity contribution in [2.45, 2.75) is 25.8 Å². The van der Waals surface area contributed by atoms with Crippen LogP contribution in [0.4, 0.5) is 0 Å². The summed E-state index contributed by atoms with van der Waals surface area (Å²) in [5.74, 6) is -0.707. The third-order valence-electron chi connectivity index (χ3n) is 4.17. The molecule has 1 aliphatic rings. The van der Waals surface area contributed by atoms with Gasteiger partial charge in [-0.25, -0.2) is 0 Å². The van der Waals surface area contributed by atoms with Crippen LogP contribution in [0.15, 0.2) is 24.3 Å². The molecule has 0 aliphatic carbocycles. The zero-order chi connectivity index (χ0) is 15.2. The Hall–Kier alpha value is -1.10. The minimum Gasteiger partial charge on any atom is -0.481 e. The van der Waals surface area contributed by atoms with Crippen LogP contribution in [-0.4, -0.2) is 53.6 Å². The highest BCUT2D eigenvalue weighted by molar-refractivity contribution is 6.31. The summed E-state index contributed by atoms with van der Waals surface area (Å²) in [4.78, 5) is 15.3. The average Bonchev–Trinajstić information content (AvgIpc) is 2.47. The molecule has 0 radical (unpaired) electrons. The Labute approximate surface area is 131 Å². The van der Waals surface area contributed by atoms with Gasteiger partial charge >= 0.3 is 5.97 Å². The number of carboxylic acid groups (broad SMARTS) is 1. The Kier molecular flexibility index (Phi) is 6.03. The lowest BCUT2D eigenvalue weighted by Gasteiger charge is -2.38. The molecule has 116 valence electrons. The molecule has 0 unspecified atom stereocenters. The van der Waals surface area contributed by atoms with Crippen molar-refractivity contribution in [1.29, 1.82) is 0 Å². The maximum atomic E-state index is 10.5. The second-order valence-electron chi connectivity index (χ2n) is 5.57. The summed E-state index contributed by atoms with van der Waals surface area (Å²) in [5.41, 5.74) is 1.18. The summed E-state index contributed by atoms with van der Waals surface area (Å²) in [7, 11) is 0. The van der Waals surface area contributed by atoms with Crippen molar-refractivity contribution in [2.75, 3.05) is 32.7 Å². The van der Waals surface area contributed by atoms with Gasteiger partial charge in [-0.05, 0) is 31.5 Å². The van der Waals surface area contributed by atoms with Crippen LogP contribution in [0.1, 0.15) is 31.4 Å². The standard InChI is InChI=1S/C16H23ClN2O2/c1-13(14-5-2-3-6-15(14)17)19-11-9-18(10-12-19)8-4-7-16(20)21/h2-3,5-6,13H,4,7-12H2,1H3,(H,20,21)/t13-/m0/s1. The molecule has 1 aliphatic heterocycles. The molecule has 0 bridgehead atoms. The Balaban J connectivity index is 1.81. The van der Waals surface area contributed by atoms with E-state index in [9.17, 15) is 4.79 Å². The average molecular weight is 311 g/mol. The van der Waals surface area contributed by atoms with Crippen LogP contribution in [0.25, 0.3) is 0 Å². The van der Waals surface area contributed by atoms with Crippen molar-refractivity contribution in [3.05, 3.63) is 34.9 Å². The molecule has 4 nitrogen and oxygen atoms in total. The van der Waals surface area contributed by atoms with E-state index in [1.54, 1.807) is 0 Å². The van der Waals surface area contributed by atoms with Crippen molar-refractivity contribution in [3.8, 4) is 0 Å². The van der Waals surface area contributed by atoms with Crippen molar-refractivity contribution in [3.63, 3.8) is 0 Å². The summed E-state index contributed by atoms with van der Waals surface area (Å²) in [5, 5.41) is 9.50. The largest absolute Gasteiger partial charge is 0.481 e. The first-order valence-electron chi connectivity index (χ1n) is 7.50. The molecule has 0 amide bonds. The lowest BCUT2D eigenvalue weighted by molar-refractivity contribution is -0.137. The van der Waals surface area contributed by atoms with Crippen molar-refractivity contribution in [2.24, 2.45) is 0 Å². The van der Waals surface area contributed by atoms with Gasteiger partial charge in [0.1, 0.15) is 0 Å². The molecule has 0 aromatic heterocycles. The van der Waals surface area contributed by atoms with Gasteiger partial charge in [0.25, 0.3) is 0 Å². The summed E-state index contributed by atoms with van der Waals surface area (Å²) >= 11 is 6.27. The number of carbonyl (C=O) groups is 1. The van der Waals surface area contributed by atoms with Gasteiger partial charge in [-0.15, -0.1) is 0 Å². The molecule has 1 atom stereocenters. The highest BCUT2D eigenvalue weighted by Gasteiger charge is 2.22. The lowest BCUT2D eigenvalue weighted by Crippen LogP contribution is -2.47. The van der Waals surface area contributed by atoms with E-state index in [1.807, 2.05) is 18.2 Å². The van der Waals surface area contributed by atoms with E-state index in [1.165, 1.54) is 5.56 Å². The number of aliphatic carboxylic acids is 1. The van der Waals surface area contributed by atoms with Crippen LogP contribution in [0.5, 0.6) is 0 Å². The van der Waals surface area contributed by atoms with Crippen LogP contribution >= 0.6 is 11.6 Å². The molecule has 21 heavy (non-hydrogen) atoms. The Morgan fingerprint density at radius 3 is 2.57 bits per heavy atom. The Morgan fingerprint density at radius 2 is 1.95 bits per heavy atom. The van der Waals surface area contributed by atoms with E-state index in [0.717, 1.165) is 44.2 Å². The van der Waals surface area contributed by atoms with E-state index in [0.29, 0.717) is 6.04 Å². The predicted molar refractivity (Wildman–Crippen MR) is 84.7 cm³/mol. The van der Waals surface area contributed by atoms with E-state index >= 15 is 0 Å². The highest BCUT2D eigenvalue weighted by Crippen LogP contribution is 2.27. The molecule has 1 aromatic rings. The second kappa shape index (κ2) is 7.78. The van der Waals surface area contributed by atoms with Gasteiger partial charge in [-0.1, -0.05) is 29.8 Å². The lowest BCUT2D eigenvalue weighted by atomic mass is 10.1. The van der Waals surface area contributed by atoms with Crippen LogP contribution < -0.4 is 0 Å². The molecule has 1 heterocycles. The van der Waals surface area contributed by atoms with Gasteiger partial charge in [-0.3, -0.25) is 9.69 Å². The molecule has 2 rings (SSSR count). The Bertz CT molecular complexity index is 473. The first-order valence-corrected chi connectivity index (χ1v) is 7.88. The van der Waals surface area contributed by atoms with Gasteiger partial charge in [0.15, 0.2) is 0 Å². The maximum absolute atomic E-state index is 10.5. The van der Waals surface area contributed by atoms with E-state index in [2.05, 4.69) is 22.8 Å². The number of nitrogens with zero attached hydrogens (tertiary/aromatic N) is 2. The zero-order valence-electron chi connectivity index (χ0n) is 12.5. The number of hydrogen-bond donors (Lipinski definition) is 1. The molecular formula is C16H23ClN2O2. The van der Waals surface area contributed by atoms with E-state index in [4.69, 9.17) is 16.7 Å². The molecule has 1 aromatic carbocycles. The quantitative estimate of drug-likeness (QED) is 0.877. The number of hydrogen-bond acceptors (Lipinski definition) is 3. The fourth-order valence-electron chi connectivity index (χ4n) is 2.84. The third kappa shape index (κ3) is 4.70. The predicted octanol–water partition coefficient (Wildman–Crippen LogP) is 2.88. The zero-order valence-corrected chi connectivity index (χ0v) is 13.2. The molecular weight excluding hydrogens is 288 g/mol. The Morgan fingerprint density at radius 1 is 1.29 bits per heavy atom. The monoisotopic (exact) mass is 310 g/mol. The highest BCUT2D eigenvalue weighted by atomic mass is 35.5. The van der Waals surface area contributed by atoms with Crippen LogP contribution in [-0.2, 0) is 4.79 Å². The normalized spacial score (nSPS) is 18.6. The molecule has 0 saturated carbocycles. The van der Waals surface area contributed by atoms with Crippen LogP contribution in [0.2, 0.25) is 5.02 Å². The number of carboxylic acids is 1. The first-order chi connectivity index (χ1) is 10.1. The molecule has 0 spiro atoms. The summed E-state index contributed by atoms with van der Waals surface area (Å²) < 4.78 is 0. The fraction of sp³-hybridized carbons (Fsp3) is 0.562. The van der Waals surface area contributed by atoms with Crippen molar-refractivity contribution < 1.29 is 9.90 Å². The van der Waals surface area contributed by atoms with Crippen LogP contribution in [0.3, 0.4) is 0 Å². The van der Waals surface area contributed by atoms with Crippen molar-refractivity contribution >= 4 is 17.6 Å². The van der Waals surface area contributed by atoms with Gasteiger partial charge < -0.3 is 10.0 Å². The van der Waals surface area contributed by atoms with Gasteiger partial charge in [-0.2, -0.15) is 0 Å². The van der Waals surface area contributed by atoms with Crippen molar-refractivity contribution in [1.82, 2.24) is 9.80 Å². The molecule has 1 saturated heterocycles. The minimum absolute atomic E-state index is 0.260. The number of halogens is 1. The van der Waals surface area contributed by atoms with Crippen LogP contribution in [0, 0.1) is 0 Å². The molecule has 1 N–H and O–H groups in total. The SMILES string of the molecule is C[C@@H](c1ccccc1Cl)N1CCN(CCCC(=O)O)CC1. The third-order valence-corrected chi connectivity index (χ3v) is 4.52. The number of piperazine rings is 1. The first kappa shape index (κ1) is 16.3. The smallest absolute Gasteiger partial charge is 0.303 e. The summed E-state index contributed by atoms with van der Waals surface area (Å²) in [6, 6.07) is 8.33. The minimum atomic E-state index is -0.707. The van der Waals surface area contributed by atoms with E-state index < -0.39 is 5.97 Å². The van der Waals surface area contributed by atoms with E-state index in [-0.39, 0.29) is 6.42 Å². The maximum Gasteiger partial charge on any atom is 0.303 e. The molecule has 1 fully saturated rings. The van der Waals surface area contributed by atoms with Gasteiger partial charge in [0.05, 0.1) is 0 Å². The van der Waals surface area contributed by atoms with Gasteiger partial charge in [0, 0.05) is 43.7 Å². The fourth-order valence-corrected chi connectivity index (χ4v) is 3.13. The summed E-state index contributed by atoms with van der Waals surface area (Å²) in [6.07, 6.45) is 0.992. The summed E-state index contributed by atoms with van der Waals surface area (Å²) in [6.45, 7) is 7.06. The second-order valence-corrected chi connectivity index (χ2v) is 5.98. The topological polar surface area (TPSA) is 43.8 Å². The van der Waals surface area contributed by atoms with Gasteiger partial charge in [0.2, 0.25) is 0 Å². The molecule has 5 heteroatoms. The number of rotatable bonds is 6. The number of benzene rings is 1.